The van der Waals surface area contributed by atoms with Crippen LogP contribution in [0.25, 0.3) is 16.9 Å². The highest BCUT2D eigenvalue weighted by Crippen LogP contribution is 2.26. The third-order valence-electron chi connectivity index (χ3n) is 5.72. The van der Waals surface area contributed by atoms with Gasteiger partial charge in [-0.25, -0.2) is 4.98 Å². The van der Waals surface area contributed by atoms with Crippen LogP contribution in [0.4, 0.5) is 5.95 Å². The number of nitrogens with one attached hydrogen (secondary N) is 1. The minimum Gasteiger partial charge on any atom is -0.329 e. The van der Waals surface area contributed by atoms with Crippen molar-refractivity contribution in [3.05, 3.63) is 100 Å². The van der Waals surface area contributed by atoms with Crippen LogP contribution in [0.1, 0.15) is 29.8 Å². The summed E-state index contributed by atoms with van der Waals surface area (Å²) in [5.41, 5.74) is 3.87. The van der Waals surface area contributed by atoms with E-state index < -0.39 is 0 Å². The molecule has 1 aromatic heterocycles. The Morgan fingerprint density at radius 2 is 1.65 bits per heavy atom. The van der Waals surface area contributed by atoms with Crippen molar-refractivity contribution in [2.75, 3.05) is 18.4 Å². The number of halogens is 2. The second kappa shape index (κ2) is 11.6. The Balaban J connectivity index is 1.63. The quantitative estimate of drug-likeness (QED) is 0.267. The lowest BCUT2D eigenvalue weighted by molar-refractivity contribution is -0.117. The van der Waals surface area contributed by atoms with Gasteiger partial charge in [0.25, 0.3) is 5.91 Å². The summed E-state index contributed by atoms with van der Waals surface area (Å²) < 4.78 is 1.82. The minimum atomic E-state index is -0.359. The molecule has 0 aliphatic rings. The van der Waals surface area contributed by atoms with Crippen LogP contribution in [0.15, 0.2) is 79.0 Å². The van der Waals surface area contributed by atoms with Crippen LogP contribution in [-0.4, -0.2) is 39.4 Å². The van der Waals surface area contributed by atoms with Gasteiger partial charge in [0, 0.05) is 29.0 Å². The summed E-state index contributed by atoms with van der Waals surface area (Å²) in [7, 11) is 0. The van der Waals surface area contributed by atoms with Crippen molar-refractivity contribution < 1.29 is 9.59 Å². The van der Waals surface area contributed by atoms with Crippen LogP contribution in [0.5, 0.6) is 0 Å². The molecule has 1 N–H and O–H groups in total. The maximum absolute atomic E-state index is 13.3. The standard InChI is InChI=1S/C29H28Cl2N4O2/c1-19(2)16-34(28(37)24-6-4-5-7-25(24)31)18-27(36)33-29-32-26(21-10-12-22(30)13-11-21)17-35(29)23-14-8-20(3)9-15-23/h4-15,17,19H,16,18H2,1-3H3,(H,32,33,36). The van der Waals surface area contributed by atoms with Crippen LogP contribution in [0, 0.1) is 12.8 Å². The molecular formula is C29H28Cl2N4O2. The fourth-order valence-corrected chi connectivity index (χ4v) is 4.28. The maximum Gasteiger partial charge on any atom is 0.255 e. The first-order chi connectivity index (χ1) is 17.7. The van der Waals surface area contributed by atoms with E-state index in [4.69, 9.17) is 28.2 Å². The van der Waals surface area contributed by atoms with Gasteiger partial charge in [-0.3, -0.25) is 19.5 Å². The van der Waals surface area contributed by atoms with Gasteiger partial charge in [0.1, 0.15) is 6.54 Å². The second-order valence-electron chi connectivity index (χ2n) is 9.27. The Kier molecular flexibility index (Phi) is 8.31. The fraction of sp³-hybridized carbons (Fsp3) is 0.207. The number of imidazole rings is 1. The average Bonchev–Trinajstić information content (AvgIpc) is 3.27. The third kappa shape index (κ3) is 6.59. The van der Waals surface area contributed by atoms with Gasteiger partial charge in [-0.15, -0.1) is 0 Å². The van der Waals surface area contributed by atoms with Crippen LogP contribution in [0.2, 0.25) is 10.0 Å². The molecule has 0 aliphatic heterocycles. The first-order valence-electron chi connectivity index (χ1n) is 12.0. The highest BCUT2D eigenvalue weighted by Gasteiger charge is 2.23. The SMILES string of the molecule is Cc1ccc(-n2cc(-c3ccc(Cl)cc3)nc2NC(=O)CN(CC(C)C)C(=O)c2ccccc2Cl)cc1. The van der Waals surface area contributed by atoms with Crippen LogP contribution in [-0.2, 0) is 4.79 Å². The molecule has 4 aromatic rings. The average molecular weight is 535 g/mol. The summed E-state index contributed by atoms with van der Waals surface area (Å²) in [6, 6.07) is 22.1. The third-order valence-corrected chi connectivity index (χ3v) is 6.30. The molecule has 0 saturated carbocycles. The van der Waals surface area contributed by atoms with E-state index in [2.05, 4.69) is 5.32 Å². The van der Waals surface area contributed by atoms with Gasteiger partial charge in [-0.2, -0.15) is 0 Å². The molecule has 0 saturated heterocycles. The molecule has 0 bridgehead atoms. The zero-order valence-electron chi connectivity index (χ0n) is 20.9. The highest BCUT2D eigenvalue weighted by molar-refractivity contribution is 6.33. The largest absolute Gasteiger partial charge is 0.329 e. The van der Waals surface area contributed by atoms with Gasteiger partial charge in [0.05, 0.1) is 16.3 Å². The Hall–Kier alpha value is -3.61. The van der Waals surface area contributed by atoms with Gasteiger partial charge in [-0.05, 0) is 49.2 Å². The summed E-state index contributed by atoms with van der Waals surface area (Å²) in [5, 5.41) is 3.89. The lowest BCUT2D eigenvalue weighted by atomic mass is 10.1. The highest BCUT2D eigenvalue weighted by atomic mass is 35.5. The minimum absolute atomic E-state index is 0.140. The van der Waals surface area contributed by atoms with Gasteiger partial charge >= 0.3 is 0 Å². The van der Waals surface area contributed by atoms with E-state index in [-0.39, 0.29) is 24.3 Å². The molecule has 0 aliphatic carbocycles. The molecule has 0 radical (unpaired) electrons. The molecule has 2 amide bonds. The van der Waals surface area contributed by atoms with Crippen LogP contribution >= 0.6 is 23.2 Å². The first kappa shape index (κ1) is 26.5. The number of carbonyl (C=O) groups is 2. The Labute approximate surface area is 226 Å². The number of aromatic nitrogens is 2. The van der Waals surface area contributed by atoms with E-state index in [1.54, 1.807) is 36.4 Å². The smallest absolute Gasteiger partial charge is 0.255 e. The zero-order chi connectivity index (χ0) is 26.5. The van der Waals surface area contributed by atoms with E-state index in [1.165, 1.54) is 4.90 Å². The van der Waals surface area contributed by atoms with Gasteiger partial charge in [0.2, 0.25) is 11.9 Å². The summed E-state index contributed by atoms with van der Waals surface area (Å²) >= 11 is 12.3. The van der Waals surface area contributed by atoms with E-state index >= 15 is 0 Å². The first-order valence-corrected chi connectivity index (χ1v) is 12.7. The fourth-order valence-electron chi connectivity index (χ4n) is 3.93. The summed E-state index contributed by atoms with van der Waals surface area (Å²) in [5.74, 6) is -0.139. The van der Waals surface area contributed by atoms with Crippen molar-refractivity contribution in [3.63, 3.8) is 0 Å². The molecular weight excluding hydrogens is 507 g/mol. The normalized spacial score (nSPS) is 11.0. The predicted molar refractivity (Wildman–Crippen MR) is 150 cm³/mol. The van der Waals surface area contributed by atoms with E-state index in [0.717, 1.165) is 16.8 Å². The molecule has 6 nitrogen and oxygen atoms in total. The number of aryl methyl sites for hydroxylation is 1. The monoisotopic (exact) mass is 534 g/mol. The number of benzene rings is 3. The molecule has 37 heavy (non-hydrogen) atoms. The van der Waals surface area contributed by atoms with Gasteiger partial charge < -0.3 is 4.90 Å². The molecule has 190 valence electrons. The maximum atomic E-state index is 13.3. The summed E-state index contributed by atoms with van der Waals surface area (Å²) in [6.07, 6.45) is 1.87. The second-order valence-corrected chi connectivity index (χ2v) is 10.1. The number of carbonyl (C=O) groups excluding carboxylic acids is 2. The van der Waals surface area contributed by atoms with E-state index in [0.29, 0.717) is 33.8 Å². The Bertz CT molecular complexity index is 1400. The van der Waals surface area contributed by atoms with Gasteiger partial charge in [-0.1, -0.05) is 79.0 Å². The number of rotatable bonds is 8. The van der Waals surface area contributed by atoms with Gasteiger partial charge in [0.15, 0.2) is 0 Å². The van der Waals surface area contributed by atoms with Crippen molar-refractivity contribution in [2.45, 2.75) is 20.8 Å². The molecule has 1 heterocycles. The van der Waals surface area contributed by atoms with Crippen molar-refractivity contribution in [3.8, 4) is 16.9 Å². The van der Waals surface area contributed by atoms with Crippen molar-refractivity contribution in [2.24, 2.45) is 5.92 Å². The molecule has 3 aromatic carbocycles. The van der Waals surface area contributed by atoms with Crippen LogP contribution < -0.4 is 5.32 Å². The Morgan fingerprint density at radius 1 is 0.973 bits per heavy atom. The van der Waals surface area contributed by atoms with Crippen molar-refractivity contribution in [1.82, 2.24) is 14.5 Å². The molecule has 4 rings (SSSR count). The number of amides is 2. The Morgan fingerprint density at radius 3 is 2.30 bits per heavy atom. The van der Waals surface area contributed by atoms with E-state index in [9.17, 15) is 9.59 Å². The molecule has 8 heteroatoms. The summed E-state index contributed by atoms with van der Waals surface area (Å²) in [4.78, 5) is 32.7. The number of hydrogen-bond donors (Lipinski definition) is 1. The number of anilines is 1. The lowest BCUT2D eigenvalue weighted by Crippen LogP contribution is -2.40. The van der Waals surface area contributed by atoms with E-state index in [1.807, 2.05) is 67.9 Å². The number of nitrogens with zero attached hydrogens (tertiary/aromatic N) is 3. The van der Waals surface area contributed by atoms with Crippen LogP contribution in [0.3, 0.4) is 0 Å². The number of hydrogen-bond acceptors (Lipinski definition) is 3. The lowest BCUT2D eigenvalue weighted by Gasteiger charge is -2.24. The summed E-state index contributed by atoms with van der Waals surface area (Å²) in [6.45, 7) is 6.26. The molecule has 0 fully saturated rings. The topological polar surface area (TPSA) is 67.2 Å². The van der Waals surface area contributed by atoms with Crippen molar-refractivity contribution >= 4 is 41.0 Å². The predicted octanol–water partition coefficient (Wildman–Crippen LogP) is 6.89. The van der Waals surface area contributed by atoms with Crippen molar-refractivity contribution in [1.29, 1.82) is 0 Å². The molecule has 0 spiro atoms. The zero-order valence-corrected chi connectivity index (χ0v) is 22.4. The molecule has 0 unspecified atom stereocenters. The molecule has 0 atom stereocenters.